The van der Waals surface area contributed by atoms with E-state index in [0.717, 1.165) is 5.56 Å². The van der Waals surface area contributed by atoms with Gasteiger partial charge in [-0.15, -0.1) is 0 Å². The summed E-state index contributed by atoms with van der Waals surface area (Å²) >= 11 is 0. The maximum absolute atomic E-state index is 11.9. The molecule has 138 valence electrons. The molecule has 0 amide bonds. The van der Waals surface area contributed by atoms with Crippen LogP contribution in [0.25, 0.3) is 0 Å². The Balaban J connectivity index is 2.22. The second-order valence-corrected chi connectivity index (χ2v) is 5.51. The highest BCUT2D eigenvalue weighted by molar-refractivity contribution is 5.75. The van der Waals surface area contributed by atoms with E-state index >= 15 is 0 Å². The molecule has 0 radical (unpaired) electrons. The molecular weight excluding hydrogens is 332 g/mol. The van der Waals surface area contributed by atoms with Gasteiger partial charge in [-0.3, -0.25) is 4.79 Å². The first-order valence-corrected chi connectivity index (χ1v) is 7.74. The van der Waals surface area contributed by atoms with Gasteiger partial charge in [0.15, 0.2) is 18.5 Å². The van der Waals surface area contributed by atoms with Gasteiger partial charge in [0.2, 0.25) is 0 Å². The molecule has 8 nitrogen and oxygen atoms in total. The predicted octanol–water partition coefficient (Wildman–Crippen LogP) is 0.409. The molecule has 25 heavy (non-hydrogen) atoms. The van der Waals surface area contributed by atoms with Crippen molar-refractivity contribution < 1.29 is 38.4 Å². The molecule has 0 unspecified atom stereocenters. The minimum Gasteiger partial charge on any atom is -0.467 e. The highest BCUT2D eigenvalue weighted by Crippen LogP contribution is 2.28. The lowest BCUT2D eigenvalue weighted by atomic mass is 9.98. The molecule has 8 heteroatoms. The van der Waals surface area contributed by atoms with E-state index in [2.05, 4.69) is 4.74 Å². The third-order valence-electron chi connectivity index (χ3n) is 3.77. The molecule has 0 aliphatic carbocycles. The topological polar surface area (TPSA) is 101 Å². The summed E-state index contributed by atoms with van der Waals surface area (Å²) in [6, 6.07) is 9.24. The molecule has 1 fully saturated rings. The number of esters is 2. The summed E-state index contributed by atoms with van der Waals surface area (Å²) in [5, 5.41) is 10.5. The van der Waals surface area contributed by atoms with Crippen LogP contribution in [0.3, 0.4) is 0 Å². The molecule has 1 aromatic carbocycles. The standard InChI is InChI=1S/C17H22O8/c1-10(18)24-15-13(23-9-11-7-5-4-6-8-11)12(19)14(16(20)21-2)25-17(15)22-3/h4-8,12-15,17,19H,9H2,1-3H3/t12-,13-,14+,15+,17+/m0/s1. The highest BCUT2D eigenvalue weighted by atomic mass is 16.7. The second-order valence-electron chi connectivity index (χ2n) is 5.51. The monoisotopic (exact) mass is 354 g/mol. The van der Waals surface area contributed by atoms with Crippen LogP contribution < -0.4 is 0 Å². The van der Waals surface area contributed by atoms with Gasteiger partial charge in [0.25, 0.3) is 0 Å². The number of aliphatic hydroxyl groups excluding tert-OH is 1. The van der Waals surface area contributed by atoms with E-state index in [1.165, 1.54) is 21.1 Å². The fraction of sp³-hybridized carbons (Fsp3) is 0.529. The minimum atomic E-state index is -1.40. The molecule has 1 saturated heterocycles. The van der Waals surface area contributed by atoms with Crippen LogP contribution in [-0.4, -0.2) is 62.0 Å². The maximum Gasteiger partial charge on any atom is 0.337 e. The normalized spacial score (nSPS) is 29.0. The summed E-state index contributed by atoms with van der Waals surface area (Å²) in [6.07, 6.45) is -5.87. The number of rotatable bonds is 6. The van der Waals surface area contributed by atoms with Crippen LogP contribution in [-0.2, 0) is 39.9 Å². The number of hydrogen-bond donors (Lipinski definition) is 1. The van der Waals surface area contributed by atoms with Crippen molar-refractivity contribution in [1.29, 1.82) is 0 Å². The average molecular weight is 354 g/mol. The average Bonchev–Trinajstić information content (AvgIpc) is 2.61. The molecule has 0 spiro atoms. The summed E-state index contributed by atoms with van der Waals surface area (Å²) < 4.78 is 26.2. The van der Waals surface area contributed by atoms with Gasteiger partial charge in [-0.25, -0.2) is 4.79 Å². The Labute approximate surface area is 145 Å². The SMILES string of the molecule is COC(=O)[C@@H]1O[C@@H](OC)[C@H](OC(C)=O)[C@@H](OCc2ccccc2)[C@@H]1O. The Hall–Kier alpha value is -2.00. The highest BCUT2D eigenvalue weighted by Gasteiger charge is 2.51. The summed E-state index contributed by atoms with van der Waals surface area (Å²) in [7, 11) is 2.51. The molecule has 1 heterocycles. The quantitative estimate of drug-likeness (QED) is 0.733. The van der Waals surface area contributed by atoms with Crippen molar-refractivity contribution in [2.75, 3.05) is 14.2 Å². The van der Waals surface area contributed by atoms with E-state index in [0.29, 0.717) is 0 Å². The molecule has 1 aromatic rings. The minimum absolute atomic E-state index is 0.144. The number of benzene rings is 1. The molecule has 1 aliphatic heterocycles. The van der Waals surface area contributed by atoms with Crippen LogP contribution in [0.15, 0.2) is 30.3 Å². The molecule has 1 N–H and O–H groups in total. The Bertz CT molecular complexity index is 575. The Morgan fingerprint density at radius 3 is 2.40 bits per heavy atom. The number of carbonyl (C=O) groups excluding carboxylic acids is 2. The van der Waals surface area contributed by atoms with Crippen LogP contribution in [0.2, 0.25) is 0 Å². The summed E-state index contributed by atoms with van der Waals surface area (Å²) in [5.41, 5.74) is 0.853. The Morgan fingerprint density at radius 1 is 1.16 bits per heavy atom. The first-order chi connectivity index (χ1) is 12.0. The van der Waals surface area contributed by atoms with Crippen molar-refractivity contribution >= 4 is 11.9 Å². The Morgan fingerprint density at radius 2 is 1.84 bits per heavy atom. The lowest BCUT2D eigenvalue weighted by molar-refractivity contribution is -0.299. The number of ether oxygens (including phenoxy) is 5. The van der Waals surface area contributed by atoms with Crippen LogP contribution >= 0.6 is 0 Å². The molecule has 5 atom stereocenters. The van der Waals surface area contributed by atoms with Crippen molar-refractivity contribution in [3.8, 4) is 0 Å². The number of carbonyl (C=O) groups is 2. The van der Waals surface area contributed by atoms with Crippen LogP contribution in [0, 0.1) is 0 Å². The summed E-state index contributed by atoms with van der Waals surface area (Å²) in [4.78, 5) is 23.3. The molecule has 0 aromatic heterocycles. The van der Waals surface area contributed by atoms with Gasteiger partial charge in [0.1, 0.15) is 12.2 Å². The van der Waals surface area contributed by atoms with E-state index in [1.807, 2.05) is 30.3 Å². The third-order valence-corrected chi connectivity index (χ3v) is 3.77. The van der Waals surface area contributed by atoms with Gasteiger partial charge >= 0.3 is 11.9 Å². The van der Waals surface area contributed by atoms with Crippen molar-refractivity contribution in [2.24, 2.45) is 0 Å². The van der Waals surface area contributed by atoms with Crippen molar-refractivity contribution in [2.45, 2.75) is 44.2 Å². The van der Waals surface area contributed by atoms with Crippen LogP contribution in [0.5, 0.6) is 0 Å². The van der Waals surface area contributed by atoms with E-state index in [9.17, 15) is 14.7 Å². The van der Waals surface area contributed by atoms with Gasteiger partial charge in [0, 0.05) is 14.0 Å². The largest absolute Gasteiger partial charge is 0.467 e. The van der Waals surface area contributed by atoms with Gasteiger partial charge in [-0.1, -0.05) is 30.3 Å². The predicted molar refractivity (Wildman–Crippen MR) is 84.3 cm³/mol. The molecule has 0 bridgehead atoms. The zero-order chi connectivity index (χ0) is 18.4. The zero-order valence-electron chi connectivity index (χ0n) is 14.3. The van der Waals surface area contributed by atoms with Gasteiger partial charge in [-0.2, -0.15) is 0 Å². The van der Waals surface area contributed by atoms with E-state index in [4.69, 9.17) is 18.9 Å². The first kappa shape index (κ1) is 19.3. The zero-order valence-corrected chi connectivity index (χ0v) is 14.3. The van der Waals surface area contributed by atoms with E-state index in [1.54, 1.807) is 0 Å². The fourth-order valence-electron chi connectivity index (χ4n) is 2.60. The molecule has 2 rings (SSSR count). The number of hydrogen-bond acceptors (Lipinski definition) is 8. The molecule has 0 saturated carbocycles. The van der Waals surface area contributed by atoms with Gasteiger partial charge in [-0.05, 0) is 5.56 Å². The first-order valence-electron chi connectivity index (χ1n) is 7.74. The van der Waals surface area contributed by atoms with E-state index in [-0.39, 0.29) is 6.61 Å². The van der Waals surface area contributed by atoms with E-state index < -0.39 is 42.6 Å². The van der Waals surface area contributed by atoms with Crippen LogP contribution in [0.4, 0.5) is 0 Å². The number of aliphatic hydroxyl groups is 1. The van der Waals surface area contributed by atoms with Crippen molar-refractivity contribution in [3.63, 3.8) is 0 Å². The van der Waals surface area contributed by atoms with Gasteiger partial charge in [0.05, 0.1) is 13.7 Å². The number of methoxy groups -OCH3 is 2. The lowest BCUT2D eigenvalue weighted by Gasteiger charge is -2.42. The molecular formula is C17H22O8. The Kier molecular flexibility index (Phi) is 6.89. The van der Waals surface area contributed by atoms with Gasteiger partial charge < -0.3 is 28.8 Å². The third kappa shape index (κ3) is 4.76. The second kappa shape index (κ2) is 8.91. The van der Waals surface area contributed by atoms with Crippen molar-refractivity contribution in [1.82, 2.24) is 0 Å². The summed E-state index contributed by atoms with van der Waals surface area (Å²) in [6.45, 7) is 1.37. The maximum atomic E-state index is 11.9. The lowest BCUT2D eigenvalue weighted by Crippen LogP contribution is -2.62. The van der Waals surface area contributed by atoms with Crippen molar-refractivity contribution in [3.05, 3.63) is 35.9 Å². The van der Waals surface area contributed by atoms with Crippen LogP contribution in [0.1, 0.15) is 12.5 Å². The summed E-state index contributed by atoms with van der Waals surface area (Å²) in [5.74, 6) is -1.36. The smallest absolute Gasteiger partial charge is 0.337 e. The fourth-order valence-corrected chi connectivity index (χ4v) is 2.60. The molecule has 1 aliphatic rings.